The summed E-state index contributed by atoms with van der Waals surface area (Å²) in [6, 6.07) is 8.47. The molecule has 2 unspecified atom stereocenters. The minimum absolute atomic E-state index is 0.103. The molecule has 1 rings (SSSR count). The molecule has 0 aliphatic rings. The van der Waals surface area contributed by atoms with Crippen LogP contribution in [-0.4, -0.2) is 25.6 Å². The first-order valence-corrected chi connectivity index (χ1v) is 7.78. The summed E-state index contributed by atoms with van der Waals surface area (Å²) in [4.78, 5) is 11.8. The number of carbonyl (C=O) groups is 1. The molecule has 1 amide bonds. The lowest BCUT2D eigenvalue weighted by Crippen LogP contribution is -2.34. The fourth-order valence-corrected chi connectivity index (χ4v) is 2.24. The van der Waals surface area contributed by atoms with E-state index in [1.807, 2.05) is 25.1 Å². The minimum Gasteiger partial charge on any atom is -0.496 e. The SMILES string of the molecule is CCC(C)NC(=O)CCNC(CC)c1ccccc1OC. The molecular weight excluding hydrogens is 264 g/mol. The fourth-order valence-electron chi connectivity index (χ4n) is 2.24. The Bertz CT molecular complexity index is 435. The van der Waals surface area contributed by atoms with Crippen LogP contribution in [0.1, 0.15) is 51.6 Å². The molecular formula is C17H28N2O2. The lowest BCUT2D eigenvalue weighted by molar-refractivity contribution is -0.121. The van der Waals surface area contributed by atoms with Crippen molar-refractivity contribution >= 4 is 5.91 Å². The molecule has 1 aromatic rings. The summed E-state index contributed by atoms with van der Waals surface area (Å²) in [7, 11) is 1.69. The summed E-state index contributed by atoms with van der Waals surface area (Å²) in [5.74, 6) is 0.993. The van der Waals surface area contributed by atoms with Crippen LogP contribution >= 0.6 is 0 Å². The van der Waals surface area contributed by atoms with Gasteiger partial charge in [0.1, 0.15) is 5.75 Å². The van der Waals surface area contributed by atoms with Crippen molar-refractivity contribution in [1.82, 2.24) is 10.6 Å². The Hall–Kier alpha value is -1.55. The van der Waals surface area contributed by atoms with E-state index in [4.69, 9.17) is 4.74 Å². The van der Waals surface area contributed by atoms with Gasteiger partial charge >= 0.3 is 0 Å². The number of methoxy groups -OCH3 is 1. The van der Waals surface area contributed by atoms with Gasteiger partial charge in [-0.3, -0.25) is 4.79 Å². The number of nitrogens with one attached hydrogen (secondary N) is 2. The van der Waals surface area contributed by atoms with Gasteiger partial charge in [0.2, 0.25) is 5.91 Å². The first kappa shape index (κ1) is 17.5. The standard InChI is InChI=1S/C17H28N2O2/c1-5-13(3)19-17(20)11-12-18-15(6-2)14-9-7-8-10-16(14)21-4/h7-10,13,15,18H,5-6,11-12H2,1-4H3,(H,19,20). The first-order chi connectivity index (χ1) is 10.1. The molecule has 0 saturated heterocycles. The second kappa shape index (κ2) is 9.40. The molecule has 0 bridgehead atoms. The summed E-state index contributed by atoms with van der Waals surface area (Å²) < 4.78 is 5.40. The third kappa shape index (κ3) is 5.76. The van der Waals surface area contributed by atoms with Gasteiger partial charge in [-0.05, 0) is 25.8 Å². The van der Waals surface area contributed by atoms with E-state index in [0.29, 0.717) is 13.0 Å². The topological polar surface area (TPSA) is 50.4 Å². The van der Waals surface area contributed by atoms with Gasteiger partial charge < -0.3 is 15.4 Å². The maximum absolute atomic E-state index is 11.8. The summed E-state index contributed by atoms with van der Waals surface area (Å²) in [5.41, 5.74) is 1.14. The van der Waals surface area contributed by atoms with E-state index in [2.05, 4.69) is 30.5 Å². The summed E-state index contributed by atoms with van der Waals surface area (Å²) >= 11 is 0. The fraction of sp³-hybridized carbons (Fsp3) is 0.588. The summed E-state index contributed by atoms with van der Waals surface area (Å²) in [6.07, 6.45) is 2.40. The Morgan fingerprint density at radius 3 is 2.57 bits per heavy atom. The van der Waals surface area contributed by atoms with Crippen LogP contribution in [0.25, 0.3) is 0 Å². The largest absolute Gasteiger partial charge is 0.496 e. The van der Waals surface area contributed by atoms with Crippen molar-refractivity contribution in [3.8, 4) is 5.75 Å². The minimum atomic E-state index is 0.103. The van der Waals surface area contributed by atoms with Crippen LogP contribution in [0.2, 0.25) is 0 Å². The predicted octanol–water partition coefficient (Wildman–Crippen LogP) is 3.04. The smallest absolute Gasteiger partial charge is 0.221 e. The number of carbonyl (C=O) groups excluding carboxylic acids is 1. The molecule has 0 spiro atoms. The van der Waals surface area contributed by atoms with E-state index < -0.39 is 0 Å². The Kier molecular flexibility index (Phi) is 7.83. The van der Waals surface area contributed by atoms with Crippen LogP contribution in [0.15, 0.2) is 24.3 Å². The van der Waals surface area contributed by atoms with E-state index in [1.54, 1.807) is 7.11 Å². The number of ether oxygens (including phenoxy) is 1. The Morgan fingerprint density at radius 2 is 1.95 bits per heavy atom. The van der Waals surface area contributed by atoms with Crippen molar-refractivity contribution in [2.24, 2.45) is 0 Å². The van der Waals surface area contributed by atoms with Gasteiger partial charge in [0, 0.05) is 30.6 Å². The molecule has 0 heterocycles. The number of rotatable bonds is 9. The second-order valence-electron chi connectivity index (χ2n) is 5.28. The van der Waals surface area contributed by atoms with Crippen molar-refractivity contribution in [3.05, 3.63) is 29.8 Å². The number of para-hydroxylation sites is 1. The van der Waals surface area contributed by atoms with Crippen LogP contribution in [0.5, 0.6) is 5.75 Å². The molecule has 1 aromatic carbocycles. The Morgan fingerprint density at radius 1 is 1.24 bits per heavy atom. The molecule has 21 heavy (non-hydrogen) atoms. The Balaban J connectivity index is 2.50. The van der Waals surface area contributed by atoms with Gasteiger partial charge in [0.05, 0.1) is 7.11 Å². The number of amides is 1. The highest BCUT2D eigenvalue weighted by molar-refractivity contribution is 5.76. The maximum atomic E-state index is 11.8. The van der Waals surface area contributed by atoms with E-state index in [0.717, 1.165) is 24.2 Å². The van der Waals surface area contributed by atoms with Gasteiger partial charge in [-0.2, -0.15) is 0 Å². The quantitative estimate of drug-likeness (QED) is 0.735. The average molecular weight is 292 g/mol. The van der Waals surface area contributed by atoms with Crippen molar-refractivity contribution in [3.63, 3.8) is 0 Å². The molecule has 4 heteroatoms. The highest BCUT2D eigenvalue weighted by Crippen LogP contribution is 2.26. The molecule has 0 saturated carbocycles. The molecule has 0 aliphatic carbocycles. The second-order valence-corrected chi connectivity index (χ2v) is 5.28. The third-order valence-electron chi connectivity index (χ3n) is 3.69. The van der Waals surface area contributed by atoms with Crippen LogP contribution in [-0.2, 0) is 4.79 Å². The zero-order chi connectivity index (χ0) is 15.7. The number of benzene rings is 1. The zero-order valence-corrected chi connectivity index (χ0v) is 13.6. The van der Waals surface area contributed by atoms with E-state index in [9.17, 15) is 4.79 Å². The van der Waals surface area contributed by atoms with E-state index in [1.165, 1.54) is 0 Å². The van der Waals surface area contributed by atoms with Gasteiger partial charge in [0.25, 0.3) is 0 Å². The number of hydrogen-bond acceptors (Lipinski definition) is 3. The van der Waals surface area contributed by atoms with Gasteiger partial charge in [0.15, 0.2) is 0 Å². The molecule has 4 nitrogen and oxygen atoms in total. The van der Waals surface area contributed by atoms with Crippen LogP contribution < -0.4 is 15.4 Å². The summed E-state index contributed by atoms with van der Waals surface area (Å²) in [6.45, 7) is 6.88. The molecule has 0 radical (unpaired) electrons. The monoisotopic (exact) mass is 292 g/mol. The zero-order valence-electron chi connectivity index (χ0n) is 13.6. The lowest BCUT2D eigenvalue weighted by Gasteiger charge is -2.20. The predicted molar refractivity (Wildman–Crippen MR) is 86.5 cm³/mol. The van der Waals surface area contributed by atoms with E-state index >= 15 is 0 Å². The first-order valence-electron chi connectivity index (χ1n) is 7.78. The Labute approximate surface area is 128 Å². The molecule has 0 fully saturated rings. The highest BCUT2D eigenvalue weighted by atomic mass is 16.5. The maximum Gasteiger partial charge on any atom is 0.221 e. The third-order valence-corrected chi connectivity index (χ3v) is 3.69. The molecule has 2 N–H and O–H groups in total. The highest BCUT2D eigenvalue weighted by Gasteiger charge is 2.14. The van der Waals surface area contributed by atoms with Crippen molar-refractivity contribution in [2.45, 2.75) is 52.1 Å². The van der Waals surface area contributed by atoms with Gasteiger partial charge in [-0.1, -0.05) is 32.0 Å². The van der Waals surface area contributed by atoms with Crippen LogP contribution in [0.4, 0.5) is 0 Å². The van der Waals surface area contributed by atoms with E-state index in [-0.39, 0.29) is 18.0 Å². The van der Waals surface area contributed by atoms with Crippen molar-refractivity contribution in [2.75, 3.05) is 13.7 Å². The average Bonchev–Trinajstić information content (AvgIpc) is 2.51. The van der Waals surface area contributed by atoms with Gasteiger partial charge in [-0.25, -0.2) is 0 Å². The van der Waals surface area contributed by atoms with Gasteiger partial charge in [-0.15, -0.1) is 0 Å². The number of hydrogen-bond donors (Lipinski definition) is 2. The molecule has 2 atom stereocenters. The molecule has 0 aromatic heterocycles. The van der Waals surface area contributed by atoms with Crippen LogP contribution in [0.3, 0.4) is 0 Å². The lowest BCUT2D eigenvalue weighted by atomic mass is 10.0. The van der Waals surface area contributed by atoms with Crippen molar-refractivity contribution < 1.29 is 9.53 Å². The molecule has 118 valence electrons. The normalized spacial score (nSPS) is 13.5. The summed E-state index contributed by atoms with van der Waals surface area (Å²) in [5, 5.41) is 6.42. The van der Waals surface area contributed by atoms with Crippen molar-refractivity contribution in [1.29, 1.82) is 0 Å². The van der Waals surface area contributed by atoms with Crippen LogP contribution in [0, 0.1) is 0 Å². The molecule has 0 aliphatic heterocycles.